The van der Waals surface area contributed by atoms with Crippen molar-refractivity contribution in [3.63, 3.8) is 0 Å². The zero-order valence-electron chi connectivity index (χ0n) is 22.7. The van der Waals surface area contributed by atoms with Crippen molar-refractivity contribution in [2.45, 2.75) is 71.7 Å². The summed E-state index contributed by atoms with van der Waals surface area (Å²) in [5, 5.41) is 5.53. The number of methoxy groups -OCH3 is 1. The summed E-state index contributed by atoms with van der Waals surface area (Å²) in [6.45, 7) is 10.9. The first-order valence-electron chi connectivity index (χ1n) is 12.4. The number of hydrogen-bond acceptors (Lipinski definition) is 6. The summed E-state index contributed by atoms with van der Waals surface area (Å²) in [6.07, 6.45) is 0.118. The number of thiol groups is 1. The number of anilines is 1. The molecule has 202 valence electrons. The molecule has 0 spiro atoms. The molecule has 0 heterocycles. The van der Waals surface area contributed by atoms with Crippen LogP contribution in [-0.2, 0) is 20.7 Å². The summed E-state index contributed by atoms with van der Waals surface area (Å²) in [7, 11) is 1.57. The van der Waals surface area contributed by atoms with Gasteiger partial charge in [-0.2, -0.15) is 12.6 Å². The highest BCUT2D eigenvalue weighted by Gasteiger charge is 2.37. The molecule has 0 aliphatic carbocycles. The number of nitrogens with zero attached hydrogens (tertiary/aromatic N) is 1. The topological polar surface area (TPSA) is 97.0 Å². The number of carbonyl (C=O) groups is 3. The van der Waals surface area contributed by atoms with Crippen LogP contribution >= 0.6 is 12.6 Å². The molecule has 8 nitrogen and oxygen atoms in total. The second kappa shape index (κ2) is 13.4. The van der Waals surface area contributed by atoms with Crippen molar-refractivity contribution in [1.29, 1.82) is 0 Å². The number of amides is 3. The molecule has 0 aromatic heterocycles. The molecule has 3 amide bonds. The van der Waals surface area contributed by atoms with Gasteiger partial charge in [0.1, 0.15) is 23.4 Å². The van der Waals surface area contributed by atoms with E-state index < -0.39 is 29.7 Å². The summed E-state index contributed by atoms with van der Waals surface area (Å²) in [5.41, 5.74) is 1.60. The first-order chi connectivity index (χ1) is 17.4. The van der Waals surface area contributed by atoms with E-state index in [1.165, 1.54) is 4.90 Å². The quantitative estimate of drug-likeness (QED) is 0.377. The van der Waals surface area contributed by atoms with E-state index in [-0.39, 0.29) is 17.7 Å². The molecular weight excluding hydrogens is 490 g/mol. The lowest BCUT2D eigenvalue weighted by atomic mass is 9.99. The zero-order chi connectivity index (χ0) is 27.8. The van der Waals surface area contributed by atoms with Gasteiger partial charge >= 0.3 is 6.09 Å². The molecule has 37 heavy (non-hydrogen) atoms. The molecule has 0 fully saturated rings. The monoisotopic (exact) mass is 529 g/mol. The molecule has 0 aliphatic heterocycles. The lowest BCUT2D eigenvalue weighted by Crippen LogP contribution is -2.55. The van der Waals surface area contributed by atoms with Gasteiger partial charge in [-0.05, 0) is 76.4 Å². The zero-order valence-corrected chi connectivity index (χ0v) is 23.6. The smallest absolute Gasteiger partial charge is 0.408 e. The number of hydrogen-bond donors (Lipinski definition) is 3. The average Bonchev–Trinajstić information content (AvgIpc) is 2.84. The number of rotatable bonds is 10. The second-order valence-corrected chi connectivity index (χ2v) is 10.3. The molecule has 0 bridgehead atoms. The van der Waals surface area contributed by atoms with Crippen molar-refractivity contribution in [2.75, 3.05) is 18.2 Å². The van der Waals surface area contributed by atoms with E-state index in [1.54, 1.807) is 52.1 Å². The van der Waals surface area contributed by atoms with Crippen LogP contribution in [0.2, 0.25) is 0 Å². The Hall–Kier alpha value is -3.20. The molecule has 2 unspecified atom stereocenters. The minimum Gasteiger partial charge on any atom is -0.497 e. The van der Waals surface area contributed by atoms with Crippen LogP contribution in [0.15, 0.2) is 48.5 Å². The third-order valence-electron chi connectivity index (χ3n) is 5.57. The minimum atomic E-state index is -0.994. The third-order valence-corrected chi connectivity index (χ3v) is 5.94. The van der Waals surface area contributed by atoms with E-state index in [2.05, 4.69) is 23.3 Å². The van der Waals surface area contributed by atoms with Crippen LogP contribution in [-0.4, -0.2) is 53.4 Å². The number of aryl methyl sites for hydroxylation is 1. The number of alkyl carbamates (subject to hydrolysis) is 1. The van der Waals surface area contributed by atoms with Crippen molar-refractivity contribution in [1.82, 2.24) is 10.2 Å². The number of benzene rings is 2. The Kier molecular flexibility index (Phi) is 10.9. The highest BCUT2D eigenvalue weighted by atomic mass is 32.1. The van der Waals surface area contributed by atoms with Crippen molar-refractivity contribution in [3.05, 3.63) is 59.7 Å². The highest BCUT2D eigenvalue weighted by Crippen LogP contribution is 2.27. The molecule has 2 aromatic carbocycles. The van der Waals surface area contributed by atoms with Crippen LogP contribution in [0.5, 0.6) is 5.75 Å². The largest absolute Gasteiger partial charge is 0.497 e. The van der Waals surface area contributed by atoms with Crippen LogP contribution in [0.25, 0.3) is 0 Å². The molecule has 0 saturated heterocycles. The van der Waals surface area contributed by atoms with Crippen molar-refractivity contribution >= 4 is 36.2 Å². The van der Waals surface area contributed by atoms with Crippen LogP contribution in [0, 0.1) is 0 Å². The van der Waals surface area contributed by atoms with E-state index in [0.29, 0.717) is 17.0 Å². The maximum atomic E-state index is 13.8. The van der Waals surface area contributed by atoms with Gasteiger partial charge < -0.3 is 25.0 Å². The Labute approximate surface area is 225 Å². The Morgan fingerprint density at radius 2 is 1.59 bits per heavy atom. The van der Waals surface area contributed by atoms with Crippen LogP contribution in [0.1, 0.15) is 58.7 Å². The van der Waals surface area contributed by atoms with Crippen LogP contribution < -0.4 is 15.4 Å². The number of ether oxygens (including phenoxy) is 2. The molecule has 9 heteroatoms. The molecule has 2 aromatic rings. The van der Waals surface area contributed by atoms with Crippen molar-refractivity contribution in [3.8, 4) is 5.75 Å². The van der Waals surface area contributed by atoms with E-state index in [4.69, 9.17) is 9.47 Å². The summed E-state index contributed by atoms with van der Waals surface area (Å²) >= 11 is 4.31. The third kappa shape index (κ3) is 8.70. The first kappa shape index (κ1) is 30.0. The van der Waals surface area contributed by atoms with E-state index >= 15 is 0 Å². The van der Waals surface area contributed by atoms with Gasteiger partial charge in [0.05, 0.1) is 7.11 Å². The fourth-order valence-corrected chi connectivity index (χ4v) is 4.00. The molecule has 0 aliphatic rings. The Morgan fingerprint density at radius 3 is 2.05 bits per heavy atom. The van der Waals surface area contributed by atoms with Gasteiger partial charge in [-0.3, -0.25) is 9.59 Å². The number of carbonyl (C=O) groups excluding carboxylic acids is 3. The number of nitrogens with one attached hydrogen (secondary N) is 2. The summed E-state index contributed by atoms with van der Waals surface area (Å²) in [6, 6.07) is 12.2. The Bertz CT molecular complexity index is 1050. The van der Waals surface area contributed by atoms with Crippen LogP contribution in [0.3, 0.4) is 0 Å². The average molecular weight is 530 g/mol. The summed E-state index contributed by atoms with van der Waals surface area (Å²) in [4.78, 5) is 41.5. The van der Waals surface area contributed by atoms with Gasteiger partial charge in [-0.25, -0.2) is 4.79 Å². The van der Waals surface area contributed by atoms with E-state index in [1.807, 2.05) is 45.0 Å². The standard InChI is InChI=1S/C28H39N3O5S/c1-8-19-9-11-20(12-10-19)24(25(32)29-21-13-15-22(35-7)16-14-21)31(18(2)3)26(33)23(17-37)30-27(34)36-28(4,5)6/h9-16,18,23-24,37H,8,17H2,1-7H3,(H,29,32)(H,30,34). The predicted octanol–water partition coefficient (Wildman–Crippen LogP) is 5.00. The summed E-state index contributed by atoms with van der Waals surface area (Å²) in [5.74, 6) is -0.131. The van der Waals surface area contributed by atoms with Gasteiger partial charge in [0.2, 0.25) is 5.91 Å². The Morgan fingerprint density at radius 1 is 1.00 bits per heavy atom. The van der Waals surface area contributed by atoms with Gasteiger partial charge in [0, 0.05) is 17.5 Å². The molecule has 2 N–H and O–H groups in total. The molecule has 0 radical (unpaired) electrons. The van der Waals surface area contributed by atoms with Gasteiger partial charge in [-0.1, -0.05) is 31.2 Å². The fourth-order valence-electron chi connectivity index (χ4n) is 3.75. The second-order valence-electron chi connectivity index (χ2n) is 9.94. The molecule has 2 atom stereocenters. The molecular formula is C28H39N3O5S. The lowest BCUT2D eigenvalue weighted by Gasteiger charge is -2.37. The maximum absolute atomic E-state index is 13.8. The van der Waals surface area contributed by atoms with Gasteiger partial charge in [-0.15, -0.1) is 0 Å². The maximum Gasteiger partial charge on any atom is 0.408 e. The SMILES string of the molecule is CCc1ccc(C(C(=O)Nc2ccc(OC)cc2)N(C(=O)C(CS)NC(=O)OC(C)(C)C)C(C)C)cc1. The predicted molar refractivity (Wildman–Crippen MR) is 149 cm³/mol. The van der Waals surface area contributed by atoms with Crippen LogP contribution in [0.4, 0.5) is 10.5 Å². The Balaban J connectivity index is 2.44. The normalized spacial score (nSPS) is 12.9. The summed E-state index contributed by atoms with van der Waals surface area (Å²) < 4.78 is 10.5. The molecule has 2 rings (SSSR count). The van der Waals surface area contributed by atoms with Gasteiger partial charge in [0.25, 0.3) is 5.91 Å². The van der Waals surface area contributed by atoms with Crippen molar-refractivity contribution < 1.29 is 23.9 Å². The fraction of sp³-hybridized carbons (Fsp3) is 0.464. The first-order valence-corrected chi connectivity index (χ1v) is 13.0. The van der Waals surface area contributed by atoms with E-state index in [0.717, 1.165) is 12.0 Å². The van der Waals surface area contributed by atoms with E-state index in [9.17, 15) is 14.4 Å². The molecule has 0 saturated carbocycles. The van der Waals surface area contributed by atoms with Gasteiger partial charge in [0.15, 0.2) is 0 Å². The highest BCUT2D eigenvalue weighted by molar-refractivity contribution is 7.80. The minimum absolute atomic E-state index is 0.0306. The van der Waals surface area contributed by atoms with Crippen molar-refractivity contribution in [2.24, 2.45) is 0 Å². The lowest BCUT2D eigenvalue weighted by molar-refractivity contribution is -0.142.